The van der Waals surface area contributed by atoms with Crippen LogP contribution in [0.25, 0.3) is 5.57 Å². The van der Waals surface area contributed by atoms with Crippen molar-refractivity contribution in [3.05, 3.63) is 46.7 Å². The number of benzene rings is 1. The Kier molecular flexibility index (Phi) is 5.64. The lowest BCUT2D eigenvalue weighted by Gasteiger charge is -2.19. The van der Waals surface area contributed by atoms with Gasteiger partial charge in [-0.25, -0.2) is 0 Å². The second kappa shape index (κ2) is 7.47. The first-order valence-corrected chi connectivity index (χ1v) is 7.94. The molecule has 1 aromatic rings. The zero-order valence-electron chi connectivity index (χ0n) is 12.8. The topological polar surface area (TPSA) is 20.2 Å². The van der Waals surface area contributed by atoms with Crippen molar-refractivity contribution in [1.82, 2.24) is 0 Å². The van der Waals surface area contributed by atoms with Crippen molar-refractivity contribution in [3.8, 4) is 0 Å². The van der Waals surface area contributed by atoms with E-state index in [9.17, 15) is 5.11 Å². The largest absolute Gasteiger partial charge is 0.388 e. The quantitative estimate of drug-likeness (QED) is 0.761. The smallest absolute Gasteiger partial charge is 0.0823 e. The maximum Gasteiger partial charge on any atom is 0.0823 e. The molecular weight excluding hydrogens is 244 g/mol. The molecular formula is C19H26O. The van der Waals surface area contributed by atoms with Gasteiger partial charge in [0.2, 0.25) is 0 Å². The lowest BCUT2D eigenvalue weighted by Crippen LogP contribution is -2.14. The summed E-state index contributed by atoms with van der Waals surface area (Å²) in [5.74, 6) is 0. The molecule has 0 spiro atoms. The zero-order chi connectivity index (χ0) is 14.4. The Morgan fingerprint density at radius 3 is 2.65 bits per heavy atom. The predicted molar refractivity (Wildman–Crippen MR) is 85.6 cm³/mol. The summed E-state index contributed by atoms with van der Waals surface area (Å²) in [6.45, 7) is 4.33. The van der Waals surface area contributed by atoms with Crippen molar-refractivity contribution in [3.63, 3.8) is 0 Å². The van der Waals surface area contributed by atoms with Crippen LogP contribution >= 0.6 is 0 Å². The molecule has 20 heavy (non-hydrogen) atoms. The fourth-order valence-corrected chi connectivity index (χ4v) is 2.72. The number of rotatable bonds is 4. The number of aliphatic hydroxyl groups excluding tert-OH is 1. The Bertz CT molecular complexity index is 489. The highest BCUT2D eigenvalue weighted by Gasteiger charge is 2.15. The Morgan fingerprint density at radius 2 is 2.00 bits per heavy atom. The van der Waals surface area contributed by atoms with Gasteiger partial charge in [0.05, 0.1) is 6.10 Å². The third kappa shape index (κ3) is 4.10. The molecule has 1 atom stereocenters. The van der Waals surface area contributed by atoms with Gasteiger partial charge in [0.1, 0.15) is 0 Å². The number of hydrogen-bond acceptors (Lipinski definition) is 1. The fraction of sp³-hybridized carbons (Fsp3) is 0.526. The molecule has 0 amide bonds. The minimum absolute atomic E-state index is 0.272. The van der Waals surface area contributed by atoms with E-state index in [0.29, 0.717) is 0 Å². The van der Waals surface area contributed by atoms with Gasteiger partial charge in [-0.15, -0.1) is 5.73 Å². The van der Waals surface area contributed by atoms with Crippen molar-refractivity contribution in [2.75, 3.05) is 0 Å². The zero-order valence-corrected chi connectivity index (χ0v) is 12.8. The SMILES string of the molecule is CCCCC(=C=C1CCCC[C@H]1O)c1ccc(C)cc1. The molecule has 108 valence electrons. The van der Waals surface area contributed by atoms with Crippen molar-refractivity contribution in [2.45, 2.75) is 64.9 Å². The summed E-state index contributed by atoms with van der Waals surface area (Å²) in [7, 11) is 0. The second-order valence-electron chi connectivity index (χ2n) is 5.86. The summed E-state index contributed by atoms with van der Waals surface area (Å²) in [5.41, 5.74) is 8.48. The molecule has 0 saturated heterocycles. The minimum atomic E-state index is -0.272. The average Bonchev–Trinajstić information content (AvgIpc) is 2.46. The van der Waals surface area contributed by atoms with E-state index in [4.69, 9.17) is 0 Å². The highest BCUT2D eigenvalue weighted by Crippen LogP contribution is 2.26. The van der Waals surface area contributed by atoms with Crippen LogP contribution in [0.4, 0.5) is 0 Å². The van der Waals surface area contributed by atoms with E-state index in [0.717, 1.165) is 31.3 Å². The number of hydrogen-bond donors (Lipinski definition) is 1. The van der Waals surface area contributed by atoms with Crippen LogP contribution in [0.2, 0.25) is 0 Å². The van der Waals surface area contributed by atoms with E-state index in [1.807, 2.05) is 0 Å². The fourth-order valence-electron chi connectivity index (χ4n) is 2.72. The summed E-state index contributed by atoms with van der Waals surface area (Å²) in [6, 6.07) is 8.68. The third-order valence-electron chi connectivity index (χ3n) is 4.07. The van der Waals surface area contributed by atoms with Crippen LogP contribution in [0.1, 0.15) is 63.0 Å². The molecule has 1 saturated carbocycles. The normalized spacial score (nSPS) is 18.8. The summed E-state index contributed by atoms with van der Waals surface area (Å²) in [6.07, 6.45) is 7.38. The molecule has 1 N–H and O–H groups in total. The molecule has 0 aromatic heterocycles. The molecule has 1 nitrogen and oxygen atoms in total. The van der Waals surface area contributed by atoms with E-state index in [-0.39, 0.29) is 6.10 Å². The molecule has 0 aliphatic heterocycles. The lowest BCUT2D eigenvalue weighted by atomic mass is 9.90. The monoisotopic (exact) mass is 270 g/mol. The van der Waals surface area contributed by atoms with Gasteiger partial charge >= 0.3 is 0 Å². The Labute approximate surface area is 123 Å². The van der Waals surface area contributed by atoms with E-state index in [1.54, 1.807) is 0 Å². The van der Waals surface area contributed by atoms with E-state index in [1.165, 1.54) is 36.0 Å². The first-order chi connectivity index (χ1) is 9.70. The second-order valence-corrected chi connectivity index (χ2v) is 5.86. The Morgan fingerprint density at radius 1 is 1.25 bits per heavy atom. The van der Waals surface area contributed by atoms with Crippen LogP contribution in [0.5, 0.6) is 0 Å². The minimum Gasteiger partial charge on any atom is -0.388 e. The van der Waals surface area contributed by atoms with Gasteiger partial charge < -0.3 is 5.11 Å². The first-order valence-electron chi connectivity index (χ1n) is 7.94. The molecule has 2 rings (SSSR count). The van der Waals surface area contributed by atoms with Crippen molar-refractivity contribution in [1.29, 1.82) is 0 Å². The maximum atomic E-state index is 10.1. The van der Waals surface area contributed by atoms with Gasteiger partial charge in [0, 0.05) is 11.1 Å². The lowest BCUT2D eigenvalue weighted by molar-refractivity contribution is 0.179. The number of unbranched alkanes of at least 4 members (excludes halogenated alkanes) is 1. The van der Waals surface area contributed by atoms with Gasteiger partial charge in [0.25, 0.3) is 0 Å². The van der Waals surface area contributed by atoms with Crippen LogP contribution in [-0.4, -0.2) is 11.2 Å². The van der Waals surface area contributed by atoms with Crippen molar-refractivity contribution >= 4 is 5.57 Å². The highest BCUT2D eigenvalue weighted by atomic mass is 16.3. The standard InChI is InChI=1S/C19H26O/c1-3-4-7-17(16-12-10-15(2)11-13-16)14-18-8-5-6-9-19(18)20/h10-13,19-20H,3-9H2,1-2H3/t14?,19-/m1/s1. The van der Waals surface area contributed by atoms with Gasteiger partial charge in [-0.05, 0) is 44.6 Å². The molecule has 0 unspecified atom stereocenters. The summed E-state index contributed by atoms with van der Waals surface area (Å²) in [4.78, 5) is 0. The van der Waals surface area contributed by atoms with Crippen molar-refractivity contribution in [2.24, 2.45) is 0 Å². The first kappa shape index (κ1) is 15.1. The van der Waals surface area contributed by atoms with Gasteiger partial charge in [-0.1, -0.05) is 49.6 Å². The van der Waals surface area contributed by atoms with Gasteiger partial charge in [0.15, 0.2) is 0 Å². The highest BCUT2D eigenvalue weighted by molar-refractivity contribution is 5.65. The molecule has 0 bridgehead atoms. The molecule has 1 aliphatic rings. The third-order valence-corrected chi connectivity index (χ3v) is 4.07. The van der Waals surface area contributed by atoms with Crippen LogP contribution in [0.3, 0.4) is 0 Å². The van der Waals surface area contributed by atoms with E-state index in [2.05, 4.69) is 43.8 Å². The van der Waals surface area contributed by atoms with Crippen LogP contribution < -0.4 is 0 Å². The Balaban J connectivity index is 2.35. The Hall–Kier alpha value is -1.30. The van der Waals surface area contributed by atoms with Crippen LogP contribution in [-0.2, 0) is 0 Å². The summed E-state index contributed by atoms with van der Waals surface area (Å²) in [5, 5.41) is 10.1. The average molecular weight is 270 g/mol. The van der Waals surface area contributed by atoms with Crippen LogP contribution in [0.15, 0.2) is 35.6 Å². The molecule has 1 aromatic carbocycles. The number of aliphatic hydroxyl groups is 1. The van der Waals surface area contributed by atoms with E-state index < -0.39 is 0 Å². The van der Waals surface area contributed by atoms with Gasteiger partial charge in [-0.2, -0.15) is 0 Å². The summed E-state index contributed by atoms with van der Waals surface area (Å²) < 4.78 is 0. The molecule has 1 heteroatoms. The van der Waals surface area contributed by atoms with E-state index >= 15 is 0 Å². The maximum absolute atomic E-state index is 10.1. The van der Waals surface area contributed by atoms with Gasteiger partial charge in [-0.3, -0.25) is 0 Å². The van der Waals surface area contributed by atoms with Crippen LogP contribution in [0, 0.1) is 6.92 Å². The molecule has 0 heterocycles. The molecule has 1 fully saturated rings. The predicted octanol–water partition coefficient (Wildman–Crippen LogP) is 5.03. The summed E-state index contributed by atoms with van der Waals surface area (Å²) >= 11 is 0. The van der Waals surface area contributed by atoms with Crippen molar-refractivity contribution < 1.29 is 5.11 Å². The molecule has 1 aliphatic carbocycles. The molecule has 0 radical (unpaired) electrons. The number of aryl methyl sites for hydroxylation is 1.